The van der Waals surface area contributed by atoms with Crippen LogP contribution in [0.2, 0.25) is 0 Å². The number of carbonyl (C=O) groups is 7. The van der Waals surface area contributed by atoms with Crippen molar-refractivity contribution in [1.29, 1.82) is 0 Å². The maximum atomic E-state index is 13.8. The van der Waals surface area contributed by atoms with Crippen molar-refractivity contribution in [3.8, 4) is 5.75 Å². The zero-order valence-electron chi connectivity index (χ0n) is 33.7. The van der Waals surface area contributed by atoms with E-state index in [1.165, 1.54) is 0 Å². The maximum Gasteiger partial charge on any atom is 0.300 e. The highest BCUT2D eigenvalue weighted by Gasteiger charge is 2.30. The topological polar surface area (TPSA) is 379 Å². The first kappa shape index (κ1) is 53.8. The minimum Gasteiger partial charge on any atom is -0.508 e. The summed E-state index contributed by atoms with van der Waals surface area (Å²) in [5.41, 5.74) is 31.1. The number of phenols is 1. The number of carbonyl (C=O) groups excluding carboxylic acids is 4. The quantitative estimate of drug-likeness (QED) is 0.0484. The number of aliphatic imine (C=N–C) groups is 1. The van der Waals surface area contributed by atoms with Gasteiger partial charge in [0.25, 0.3) is 17.9 Å². The number of aromatic hydroxyl groups is 1. The number of benzene rings is 2. The molecule has 0 bridgehead atoms. The SMILES string of the molecule is CC(=O)O.CC(=O)O.CC(=O)O.Cc1cc(O)cc(C)c1C[C@H](NC(=O)[C@H](N)CCCN=C(N)N)C(=O)N[C@@H](CCCCN)C(=O)N[C@@H](Cc1ccccc1)C(N)=O. The normalized spacial score (nSPS) is 12.0. The van der Waals surface area contributed by atoms with Crippen molar-refractivity contribution in [2.75, 3.05) is 13.1 Å². The number of carboxylic acid groups (broad SMARTS) is 3. The monoisotopic (exact) mass is 819 g/mol. The Labute approximate surface area is 338 Å². The predicted molar refractivity (Wildman–Crippen MR) is 217 cm³/mol. The van der Waals surface area contributed by atoms with Crippen molar-refractivity contribution in [2.45, 2.75) is 104 Å². The van der Waals surface area contributed by atoms with Crippen LogP contribution in [-0.2, 0) is 46.4 Å². The highest BCUT2D eigenvalue weighted by Crippen LogP contribution is 2.22. The van der Waals surface area contributed by atoms with E-state index in [0.717, 1.165) is 31.9 Å². The number of hydrogen-bond donors (Lipinski definition) is 12. The van der Waals surface area contributed by atoms with Gasteiger partial charge < -0.3 is 65.0 Å². The van der Waals surface area contributed by atoms with Crippen LogP contribution in [0.4, 0.5) is 0 Å². The Balaban J connectivity index is 0. The number of phenolic OH excluding ortho intramolecular Hbond substituents is 1. The van der Waals surface area contributed by atoms with Crippen molar-refractivity contribution in [1.82, 2.24) is 16.0 Å². The zero-order valence-corrected chi connectivity index (χ0v) is 33.7. The van der Waals surface area contributed by atoms with E-state index < -0.39 is 65.7 Å². The van der Waals surface area contributed by atoms with Gasteiger partial charge in [-0.3, -0.25) is 38.6 Å². The molecule has 20 heteroatoms. The molecule has 20 nitrogen and oxygen atoms in total. The summed E-state index contributed by atoms with van der Waals surface area (Å²) in [4.78, 5) is 83.6. The summed E-state index contributed by atoms with van der Waals surface area (Å²) in [5.74, 6) is -5.01. The summed E-state index contributed by atoms with van der Waals surface area (Å²) in [7, 11) is 0. The van der Waals surface area contributed by atoms with Gasteiger partial charge in [-0.1, -0.05) is 30.3 Å². The van der Waals surface area contributed by atoms with Crippen molar-refractivity contribution >= 4 is 47.5 Å². The molecule has 0 saturated heterocycles. The van der Waals surface area contributed by atoms with Crippen molar-refractivity contribution in [3.63, 3.8) is 0 Å². The second-order valence-electron chi connectivity index (χ2n) is 12.9. The molecular formula is C38H61N9O11. The highest BCUT2D eigenvalue weighted by atomic mass is 16.4. The number of hydrogen-bond acceptors (Lipinski definition) is 11. The van der Waals surface area contributed by atoms with Gasteiger partial charge >= 0.3 is 0 Å². The van der Waals surface area contributed by atoms with Gasteiger partial charge in [-0.2, -0.15) is 0 Å². The molecule has 0 heterocycles. The van der Waals surface area contributed by atoms with E-state index in [-0.39, 0.29) is 43.9 Å². The smallest absolute Gasteiger partial charge is 0.300 e. The lowest BCUT2D eigenvalue weighted by molar-refractivity contribution is -0.135. The molecule has 17 N–H and O–H groups in total. The van der Waals surface area contributed by atoms with Crippen LogP contribution in [0.1, 0.15) is 75.1 Å². The fraction of sp³-hybridized carbons (Fsp3) is 0.474. The molecule has 324 valence electrons. The predicted octanol–water partition coefficient (Wildman–Crippen LogP) is -0.483. The summed E-state index contributed by atoms with van der Waals surface area (Å²) in [6.07, 6.45) is 2.27. The van der Waals surface area contributed by atoms with Crippen LogP contribution < -0.4 is 44.6 Å². The Morgan fingerprint density at radius 3 is 1.60 bits per heavy atom. The van der Waals surface area contributed by atoms with Crippen LogP contribution >= 0.6 is 0 Å². The molecular weight excluding hydrogens is 758 g/mol. The molecule has 0 aliphatic carbocycles. The minimum atomic E-state index is -1.13. The number of nitrogens with zero attached hydrogens (tertiary/aromatic N) is 1. The van der Waals surface area contributed by atoms with Crippen LogP contribution in [-0.4, -0.2) is 105 Å². The van der Waals surface area contributed by atoms with E-state index in [4.69, 9.17) is 58.4 Å². The fourth-order valence-corrected chi connectivity index (χ4v) is 5.01. The first-order valence-corrected chi connectivity index (χ1v) is 18.1. The van der Waals surface area contributed by atoms with Crippen LogP contribution in [0, 0.1) is 13.8 Å². The van der Waals surface area contributed by atoms with Crippen LogP contribution in [0.25, 0.3) is 0 Å². The van der Waals surface area contributed by atoms with E-state index in [2.05, 4.69) is 20.9 Å². The summed E-state index contributed by atoms with van der Waals surface area (Å²) in [6.45, 7) is 7.50. The fourth-order valence-electron chi connectivity index (χ4n) is 5.01. The Bertz CT molecular complexity index is 1590. The standard InChI is InChI=1S/C32H49N9O5.3C2H4O2/c1-19-15-22(42)16-20(2)23(19)18-27(41-29(44)24(34)11-8-14-38-32(36)37)31(46)39-25(12-6-7-13-33)30(45)40-26(28(35)43)17-21-9-4-3-5-10-21;3*1-2(3)4/h3-5,9-10,15-16,24-27,42H,6-8,11-14,17-18,33-34H2,1-2H3,(H2,35,43)(H,39,46)(H,40,45)(H,41,44)(H4,36,37,38);3*1H3,(H,3,4)/t24-,25+,26+,27+;;;/m1.../s1. The molecule has 0 radical (unpaired) electrons. The van der Waals surface area contributed by atoms with Crippen molar-refractivity contribution in [2.24, 2.45) is 33.7 Å². The second-order valence-corrected chi connectivity index (χ2v) is 12.9. The van der Waals surface area contributed by atoms with Crippen molar-refractivity contribution < 1.29 is 54.0 Å². The Morgan fingerprint density at radius 1 is 0.672 bits per heavy atom. The number of aliphatic carboxylic acids is 3. The Kier molecular flexibility index (Phi) is 27.8. The van der Waals surface area contributed by atoms with Gasteiger partial charge in [0.1, 0.15) is 23.9 Å². The minimum absolute atomic E-state index is 0.0608. The van der Waals surface area contributed by atoms with E-state index >= 15 is 0 Å². The van der Waals surface area contributed by atoms with Gasteiger partial charge in [-0.25, -0.2) is 0 Å². The van der Waals surface area contributed by atoms with Gasteiger partial charge in [0, 0.05) is 40.2 Å². The van der Waals surface area contributed by atoms with Gasteiger partial charge in [0.15, 0.2) is 5.96 Å². The van der Waals surface area contributed by atoms with Gasteiger partial charge in [-0.05, 0) is 86.9 Å². The van der Waals surface area contributed by atoms with Crippen LogP contribution in [0.3, 0.4) is 0 Å². The third-order valence-electron chi connectivity index (χ3n) is 7.55. The Morgan fingerprint density at radius 2 is 1.14 bits per heavy atom. The van der Waals surface area contributed by atoms with Crippen LogP contribution in [0.15, 0.2) is 47.5 Å². The molecule has 4 amide bonds. The molecule has 0 fully saturated rings. The zero-order chi connectivity index (χ0) is 45.0. The molecule has 2 rings (SSSR count). The van der Waals surface area contributed by atoms with E-state index in [0.29, 0.717) is 36.9 Å². The molecule has 0 unspecified atom stereocenters. The third kappa shape index (κ3) is 27.3. The Hall–Kier alpha value is -6.28. The molecule has 0 aromatic heterocycles. The number of amides is 4. The first-order valence-electron chi connectivity index (χ1n) is 18.1. The molecule has 2 aromatic carbocycles. The van der Waals surface area contributed by atoms with E-state index in [1.807, 2.05) is 30.3 Å². The lowest BCUT2D eigenvalue weighted by Crippen LogP contribution is -2.58. The summed E-state index contributed by atoms with van der Waals surface area (Å²) in [6, 6.07) is 8.07. The summed E-state index contributed by atoms with van der Waals surface area (Å²) in [5, 5.41) is 40.5. The first-order chi connectivity index (χ1) is 27.0. The van der Waals surface area contributed by atoms with E-state index in [1.54, 1.807) is 26.0 Å². The van der Waals surface area contributed by atoms with Crippen LogP contribution in [0.5, 0.6) is 5.75 Å². The number of carboxylic acids is 3. The second kappa shape index (κ2) is 29.9. The molecule has 0 spiro atoms. The number of aryl methyl sites for hydroxylation is 2. The number of primary amides is 1. The number of guanidine groups is 1. The molecule has 0 saturated carbocycles. The van der Waals surface area contributed by atoms with Gasteiger partial charge in [-0.15, -0.1) is 0 Å². The average molecular weight is 820 g/mol. The summed E-state index contributed by atoms with van der Waals surface area (Å²) < 4.78 is 0. The average Bonchev–Trinajstić information content (AvgIpc) is 3.09. The lowest BCUT2D eigenvalue weighted by atomic mass is 9.95. The number of unbranched alkanes of at least 4 members (excludes halogenated alkanes) is 1. The van der Waals surface area contributed by atoms with Gasteiger partial charge in [0.05, 0.1) is 6.04 Å². The molecule has 58 heavy (non-hydrogen) atoms. The molecule has 0 aliphatic heterocycles. The van der Waals surface area contributed by atoms with E-state index in [9.17, 15) is 24.3 Å². The third-order valence-corrected chi connectivity index (χ3v) is 7.55. The molecule has 2 aromatic rings. The highest BCUT2D eigenvalue weighted by molar-refractivity contribution is 5.94. The van der Waals surface area contributed by atoms with Gasteiger partial charge in [0.2, 0.25) is 23.6 Å². The molecule has 0 aliphatic rings. The summed E-state index contributed by atoms with van der Waals surface area (Å²) >= 11 is 0. The number of rotatable bonds is 19. The lowest BCUT2D eigenvalue weighted by Gasteiger charge is -2.26. The maximum absolute atomic E-state index is 13.8. The number of nitrogens with one attached hydrogen (secondary N) is 3. The number of nitrogens with two attached hydrogens (primary N) is 5. The largest absolute Gasteiger partial charge is 0.508 e. The van der Waals surface area contributed by atoms with Crippen molar-refractivity contribution in [3.05, 3.63) is 64.7 Å². The molecule has 4 atom stereocenters.